The molecular weight excluding hydrogens is 283 g/mol. The Balaban J connectivity index is 1.77. The second-order valence-electron chi connectivity index (χ2n) is 3.90. The van der Waals surface area contributed by atoms with Crippen molar-refractivity contribution in [2.24, 2.45) is 0 Å². The van der Waals surface area contributed by atoms with Gasteiger partial charge in [-0.2, -0.15) is 0 Å². The van der Waals surface area contributed by atoms with Crippen molar-refractivity contribution in [2.75, 3.05) is 13.2 Å². The predicted molar refractivity (Wildman–Crippen MR) is 73.5 cm³/mol. The number of carbonyl (C=O) groups excluding carboxylic acids is 1. The van der Waals surface area contributed by atoms with Gasteiger partial charge in [-0.15, -0.1) is 0 Å². The van der Waals surface area contributed by atoms with Gasteiger partial charge in [-0.1, -0.05) is 23.7 Å². The molecule has 0 saturated carbocycles. The van der Waals surface area contributed by atoms with Gasteiger partial charge in [-0.05, 0) is 24.3 Å². The molecule has 0 unspecified atom stereocenters. The number of amides is 1. The number of para-hydroxylation sites is 1. The summed E-state index contributed by atoms with van der Waals surface area (Å²) in [6.07, 6.45) is 1.40. The van der Waals surface area contributed by atoms with Gasteiger partial charge < -0.3 is 10.1 Å². The zero-order valence-electron chi connectivity index (χ0n) is 10.5. The smallest absolute Gasteiger partial charge is 0.269 e. The van der Waals surface area contributed by atoms with Crippen molar-refractivity contribution in [3.63, 3.8) is 0 Å². The highest BCUT2D eigenvalue weighted by Crippen LogP contribution is 2.14. The van der Waals surface area contributed by atoms with Crippen LogP contribution in [-0.4, -0.2) is 24.0 Å². The number of aromatic nitrogens is 1. The van der Waals surface area contributed by atoms with Crippen molar-refractivity contribution in [3.05, 3.63) is 59.1 Å². The van der Waals surface area contributed by atoms with Gasteiger partial charge in [0.15, 0.2) is 11.6 Å². The van der Waals surface area contributed by atoms with Crippen LogP contribution in [-0.2, 0) is 0 Å². The SMILES string of the molecule is O=C(NCCOc1ccccc1F)c1ccc(Cl)cn1. The van der Waals surface area contributed by atoms with Crippen molar-refractivity contribution < 1.29 is 13.9 Å². The van der Waals surface area contributed by atoms with Crippen LogP contribution >= 0.6 is 11.6 Å². The fourth-order valence-electron chi connectivity index (χ4n) is 1.49. The van der Waals surface area contributed by atoms with E-state index in [0.717, 1.165) is 0 Å². The summed E-state index contributed by atoms with van der Waals surface area (Å²) < 4.78 is 18.5. The Labute approximate surface area is 120 Å². The van der Waals surface area contributed by atoms with Crippen LogP contribution in [0, 0.1) is 5.82 Å². The van der Waals surface area contributed by atoms with Crippen LogP contribution in [0.25, 0.3) is 0 Å². The molecule has 0 fully saturated rings. The third-order valence-electron chi connectivity index (χ3n) is 2.44. The highest BCUT2D eigenvalue weighted by atomic mass is 35.5. The third kappa shape index (κ3) is 3.93. The van der Waals surface area contributed by atoms with Gasteiger partial charge in [-0.25, -0.2) is 9.37 Å². The number of pyridine rings is 1. The number of halogens is 2. The summed E-state index contributed by atoms with van der Waals surface area (Å²) in [5.74, 6) is -0.608. The summed E-state index contributed by atoms with van der Waals surface area (Å²) in [4.78, 5) is 15.6. The Bertz CT molecular complexity index is 590. The minimum atomic E-state index is -0.432. The molecule has 4 nitrogen and oxygen atoms in total. The molecule has 2 aromatic rings. The van der Waals surface area contributed by atoms with Crippen LogP contribution in [0.4, 0.5) is 4.39 Å². The molecule has 0 aliphatic rings. The molecule has 1 aromatic carbocycles. The number of nitrogens with zero attached hydrogens (tertiary/aromatic N) is 1. The monoisotopic (exact) mass is 294 g/mol. The molecule has 1 heterocycles. The van der Waals surface area contributed by atoms with Crippen molar-refractivity contribution in [1.29, 1.82) is 0 Å². The molecule has 0 radical (unpaired) electrons. The fourth-order valence-corrected chi connectivity index (χ4v) is 1.60. The second kappa shape index (κ2) is 6.86. The van der Waals surface area contributed by atoms with E-state index in [1.807, 2.05) is 0 Å². The molecule has 0 aliphatic carbocycles. The Hall–Kier alpha value is -2.14. The Kier molecular flexibility index (Phi) is 4.90. The zero-order chi connectivity index (χ0) is 14.4. The van der Waals surface area contributed by atoms with E-state index in [4.69, 9.17) is 16.3 Å². The van der Waals surface area contributed by atoms with E-state index in [0.29, 0.717) is 5.02 Å². The van der Waals surface area contributed by atoms with Crippen molar-refractivity contribution >= 4 is 17.5 Å². The van der Waals surface area contributed by atoms with Crippen LogP contribution in [0.5, 0.6) is 5.75 Å². The van der Waals surface area contributed by atoms with E-state index in [1.54, 1.807) is 18.2 Å². The zero-order valence-corrected chi connectivity index (χ0v) is 11.2. The maximum atomic E-state index is 13.2. The van der Waals surface area contributed by atoms with Crippen molar-refractivity contribution in [1.82, 2.24) is 10.3 Å². The maximum Gasteiger partial charge on any atom is 0.269 e. The molecule has 104 valence electrons. The minimum Gasteiger partial charge on any atom is -0.489 e. The Morgan fingerprint density at radius 2 is 2.10 bits per heavy atom. The van der Waals surface area contributed by atoms with E-state index < -0.39 is 5.82 Å². The van der Waals surface area contributed by atoms with Gasteiger partial charge in [0.1, 0.15) is 12.3 Å². The lowest BCUT2D eigenvalue weighted by molar-refractivity contribution is 0.0942. The summed E-state index contributed by atoms with van der Waals surface area (Å²) in [5.41, 5.74) is 0.264. The maximum absolute atomic E-state index is 13.2. The summed E-state index contributed by atoms with van der Waals surface area (Å²) in [6, 6.07) is 9.20. The van der Waals surface area contributed by atoms with Crippen LogP contribution in [0.1, 0.15) is 10.5 Å². The average Bonchev–Trinajstić information content (AvgIpc) is 2.46. The minimum absolute atomic E-state index is 0.159. The predicted octanol–water partition coefficient (Wildman–Crippen LogP) is 2.68. The number of ether oxygens (including phenoxy) is 1. The highest BCUT2D eigenvalue weighted by Gasteiger charge is 2.06. The third-order valence-corrected chi connectivity index (χ3v) is 2.67. The van der Waals surface area contributed by atoms with Gasteiger partial charge in [0.25, 0.3) is 5.91 Å². The van der Waals surface area contributed by atoms with Crippen molar-refractivity contribution in [3.8, 4) is 5.75 Å². The normalized spacial score (nSPS) is 10.1. The number of nitrogens with one attached hydrogen (secondary N) is 1. The summed E-state index contributed by atoms with van der Waals surface area (Å²) in [6.45, 7) is 0.414. The first-order valence-electron chi connectivity index (χ1n) is 5.94. The molecule has 0 atom stereocenters. The molecule has 1 amide bonds. The van der Waals surface area contributed by atoms with Crippen LogP contribution < -0.4 is 10.1 Å². The van der Waals surface area contributed by atoms with E-state index in [-0.39, 0.29) is 30.5 Å². The Morgan fingerprint density at radius 3 is 2.80 bits per heavy atom. The van der Waals surface area contributed by atoms with E-state index >= 15 is 0 Å². The molecule has 0 spiro atoms. The first-order chi connectivity index (χ1) is 9.66. The molecule has 1 aromatic heterocycles. The molecule has 1 N–H and O–H groups in total. The van der Waals surface area contributed by atoms with Crippen LogP contribution in [0.2, 0.25) is 5.02 Å². The molecule has 6 heteroatoms. The van der Waals surface area contributed by atoms with Gasteiger partial charge in [-0.3, -0.25) is 4.79 Å². The first kappa shape index (κ1) is 14.3. The molecular formula is C14H12ClFN2O2. The molecule has 0 aliphatic heterocycles. The number of hydrogen-bond donors (Lipinski definition) is 1. The second-order valence-corrected chi connectivity index (χ2v) is 4.33. The molecule has 2 rings (SSSR count). The largest absolute Gasteiger partial charge is 0.489 e. The van der Waals surface area contributed by atoms with Crippen LogP contribution in [0.3, 0.4) is 0 Å². The quantitative estimate of drug-likeness (QED) is 0.863. The summed E-state index contributed by atoms with van der Waals surface area (Å²) in [7, 11) is 0. The highest BCUT2D eigenvalue weighted by molar-refractivity contribution is 6.30. The van der Waals surface area contributed by atoms with E-state index in [2.05, 4.69) is 10.3 Å². The van der Waals surface area contributed by atoms with Crippen molar-refractivity contribution in [2.45, 2.75) is 0 Å². The molecule has 20 heavy (non-hydrogen) atoms. The standard InChI is InChI=1S/C14H12ClFN2O2/c15-10-5-6-12(18-9-10)14(19)17-7-8-20-13-4-2-1-3-11(13)16/h1-6,9H,7-8H2,(H,17,19). The molecule has 0 bridgehead atoms. The summed E-state index contributed by atoms with van der Waals surface area (Å²) >= 11 is 5.68. The van der Waals surface area contributed by atoms with Gasteiger partial charge in [0.05, 0.1) is 11.6 Å². The average molecular weight is 295 g/mol. The van der Waals surface area contributed by atoms with Crippen LogP contribution in [0.15, 0.2) is 42.6 Å². The number of carbonyl (C=O) groups is 1. The van der Waals surface area contributed by atoms with E-state index in [1.165, 1.54) is 24.4 Å². The Morgan fingerprint density at radius 1 is 1.30 bits per heavy atom. The lowest BCUT2D eigenvalue weighted by Gasteiger charge is -2.08. The lowest BCUT2D eigenvalue weighted by atomic mass is 10.3. The number of hydrogen-bond acceptors (Lipinski definition) is 3. The number of rotatable bonds is 5. The topological polar surface area (TPSA) is 51.2 Å². The summed E-state index contributed by atoms with van der Waals surface area (Å²) in [5, 5.41) is 3.08. The lowest BCUT2D eigenvalue weighted by Crippen LogP contribution is -2.28. The molecule has 0 saturated heterocycles. The van der Waals surface area contributed by atoms with Gasteiger partial charge in [0.2, 0.25) is 0 Å². The fraction of sp³-hybridized carbons (Fsp3) is 0.143. The van der Waals surface area contributed by atoms with E-state index in [9.17, 15) is 9.18 Å². The number of benzene rings is 1. The van der Waals surface area contributed by atoms with Gasteiger partial charge in [0, 0.05) is 6.20 Å². The van der Waals surface area contributed by atoms with Gasteiger partial charge >= 0.3 is 0 Å². The first-order valence-corrected chi connectivity index (χ1v) is 6.31.